The van der Waals surface area contributed by atoms with Crippen LogP contribution in [0.5, 0.6) is 5.88 Å². The quantitative estimate of drug-likeness (QED) is 0.652. The van der Waals surface area contributed by atoms with Crippen molar-refractivity contribution in [2.75, 3.05) is 12.4 Å². The third kappa shape index (κ3) is 3.14. The molecule has 1 heterocycles. The topological polar surface area (TPSA) is 82.2 Å². The fraction of sp³-hybridized carbons (Fsp3) is 0.357. The Kier molecular flexibility index (Phi) is 4.87. The second kappa shape index (κ2) is 6.65. The highest BCUT2D eigenvalue weighted by molar-refractivity contribution is 6.33. The van der Waals surface area contributed by atoms with Crippen molar-refractivity contribution in [3.05, 3.63) is 44.6 Å². The lowest BCUT2D eigenvalue weighted by molar-refractivity contribution is -0.384. The number of ether oxygens (including phenoxy) is 1. The van der Waals surface area contributed by atoms with Gasteiger partial charge < -0.3 is 10.1 Å². The van der Waals surface area contributed by atoms with Crippen molar-refractivity contribution in [2.45, 2.75) is 19.9 Å². The van der Waals surface area contributed by atoms with Crippen LogP contribution in [0, 0.1) is 10.1 Å². The molecule has 0 bridgehead atoms. The van der Waals surface area contributed by atoms with Gasteiger partial charge in [0, 0.05) is 25.7 Å². The molecule has 0 unspecified atom stereocenters. The van der Waals surface area contributed by atoms with E-state index in [1.165, 1.54) is 12.1 Å². The summed E-state index contributed by atoms with van der Waals surface area (Å²) >= 11 is 6.07. The molecule has 0 radical (unpaired) electrons. The first kappa shape index (κ1) is 16.1. The van der Waals surface area contributed by atoms with E-state index in [1.54, 1.807) is 17.9 Å². The van der Waals surface area contributed by atoms with Crippen molar-refractivity contribution in [2.24, 2.45) is 7.05 Å². The van der Waals surface area contributed by atoms with Gasteiger partial charge in [-0.15, -0.1) is 0 Å². The number of hydrogen-bond donors (Lipinski definition) is 1. The van der Waals surface area contributed by atoms with E-state index in [2.05, 4.69) is 10.4 Å². The average molecular weight is 325 g/mol. The second-order valence-corrected chi connectivity index (χ2v) is 5.09. The smallest absolute Gasteiger partial charge is 0.271 e. The molecule has 118 valence electrons. The Labute approximate surface area is 133 Å². The summed E-state index contributed by atoms with van der Waals surface area (Å²) in [5.41, 5.74) is 2.47. The normalized spacial score (nSPS) is 10.5. The van der Waals surface area contributed by atoms with E-state index < -0.39 is 4.92 Å². The molecule has 2 rings (SSSR count). The van der Waals surface area contributed by atoms with E-state index in [9.17, 15) is 10.1 Å². The molecule has 22 heavy (non-hydrogen) atoms. The Morgan fingerprint density at radius 2 is 2.23 bits per heavy atom. The van der Waals surface area contributed by atoms with Gasteiger partial charge in [0.2, 0.25) is 5.88 Å². The third-order valence-corrected chi connectivity index (χ3v) is 3.63. The molecule has 1 N–H and O–H groups in total. The van der Waals surface area contributed by atoms with Crippen LogP contribution < -0.4 is 10.1 Å². The molecule has 0 aliphatic carbocycles. The van der Waals surface area contributed by atoms with Crippen LogP contribution in [0.25, 0.3) is 0 Å². The molecule has 0 spiro atoms. The molecule has 2 aromatic rings. The highest BCUT2D eigenvalue weighted by Gasteiger charge is 2.16. The Balaban J connectivity index is 2.22. The Hall–Kier alpha value is -2.28. The Morgan fingerprint density at radius 3 is 2.77 bits per heavy atom. The molecule has 7 nitrogen and oxygen atoms in total. The van der Waals surface area contributed by atoms with Gasteiger partial charge in [-0.2, -0.15) is 5.10 Å². The van der Waals surface area contributed by atoms with Gasteiger partial charge in [-0.3, -0.25) is 10.1 Å². The number of rotatable bonds is 6. The first-order valence-electron chi connectivity index (χ1n) is 6.74. The lowest BCUT2D eigenvalue weighted by atomic mass is 10.2. The van der Waals surface area contributed by atoms with Crippen LogP contribution in [0.15, 0.2) is 18.2 Å². The van der Waals surface area contributed by atoms with E-state index in [1.807, 2.05) is 14.0 Å². The molecule has 0 fully saturated rings. The predicted molar refractivity (Wildman–Crippen MR) is 84.6 cm³/mol. The summed E-state index contributed by atoms with van der Waals surface area (Å²) in [5, 5.41) is 18.6. The number of methoxy groups -OCH3 is 1. The maximum absolute atomic E-state index is 10.7. The first-order valence-corrected chi connectivity index (χ1v) is 7.12. The average Bonchev–Trinajstić information content (AvgIpc) is 2.80. The summed E-state index contributed by atoms with van der Waals surface area (Å²) in [6.07, 6.45) is 0.780. The zero-order chi connectivity index (χ0) is 16.3. The monoisotopic (exact) mass is 324 g/mol. The highest BCUT2D eigenvalue weighted by Crippen LogP contribution is 2.29. The van der Waals surface area contributed by atoms with Gasteiger partial charge in [-0.05, 0) is 12.5 Å². The van der Waals surface area contributed by atoms with Gasteiger partial charge in [0.25, 0.3) is 5.69 Å². The molecular weight excluding hydrogens is 308 g/mol. The summed E-state index contributed by atoms with van der Waals surface area (Å²) in [4.78, 5) is 10.2. The number of non-ortho nitro benzene ring substituents is 1. The number of aromatic nitrogens is 2. The molecule has 0 saturated heterocycles. The van der Waals surface area contributed by atoms with Crippen molar-refractivity contribution in [3.63, 3.8) is 0 Å². The van der Waals surface area contributed by atoms with E-state index >= 15 is 0 Å². The van der Waals surface area contributed by atoms with Crippen LogP contribution in [0.3, 0.4) is 0 Å². The number of hydrogen-bond acceptors (Lipinski definition) is 5. The summed E-state index contributed by atoms with van der Waals surface area (Å²) in [5.74, 6) is 0.683. The van der Waals surface area contributed by atoms with Crippen LogP contribution in [0.1, 0.15) is 18.2 Å². The van der Waals surface area contributed by atoms with Crippen LogP contribution >= 0.6 is 11.6 Å². The van der Waals surface area contributed by atoms with Crippen LogP contribution in [0.4, 0.5) is 11.4 Å². The van der Waals surface area contributed by atoms with Crippen molar-refractivity contribution in [3.8, 4) is 5.88 Å². The van der Waals surface area contributed by atoms with Crippen LogP contribution in [0.2, 0.25) is 5.02 Å². The van der Waals surface area contributed by atoms with E-state index in [0.717, 1.165) is 17.7 Å². The summed E-state index contributed by atoms with van der Waals surface area (Å²) in [6, 6.07) is 4.33. The second-order valence-electron chi connectivity index (χ2n) is 4.69. The first-order chi connectivity index (χ1) is 10.5. The van der Waals surface area contributed by atoms with Gasteiger partial charge >= 0.3 is 0 Å². The van der Waals surface area contributed by atoms with Crippen molar-refractivity contribution in [1.82, 2.24) is 9.78 Å². The molecule has 1 aromatic heterocycles. The third-order valence-electron chi connectivity index (χ3n) is 3.32. The number of nitrogens with zero attached hydrogens (tertiary/aromatic N) is 3. The Bertz CT molecular complexity index is 700. The summed E-state index contributed by atoms with van der Waals surface area (Å²) < 4.78 is 7.05. The number of nitrogens with one attached hydrogen (secondary N) is 1. The molecule has 0 saturated carbocycles. The Morgan fingerprint density at radius 1 is 1.50 bits per heavy atom. The molecule has 1 aromatic carbocycles. The molecular formula is C14H17ClN4O3. The van der Waals surface area contributed by atoms with Crippen molar-refractivity contribution in [1.29, 1.82) is 0 Å². The zero-order valence-electron chi connectivity index (χ0n) is 12.6. The minimum Gasteiger partial charge on any atom is -0.481 e. The van der Waals surface area contributed by atoms with Crippen LogP contribution in [-0.2, 0) is 20.0 Å². The summed E-state index contributed by atoms with van der Waals surface area (Å²) in [6.45, 7) is 2.49. The van der Waals surface area contributed by atoms with Crippen molar-refractivity contribution < 1.29 is 9.66 Å². The van der Waals surface area contributed by atoms with Gasteiger partial charge in [0.05, 0.1) is 34.0 Å². The minimum atomic E-state index is -0.477. The minimum absolute atomic E-state index is 0.0382. The predicted octanol–water partition coefficient (Wildman–Crippen LogP) is 3.16. The standard InChI is InChI=1S/C14H17ClN4O3/c1-4-12-10(14(22-3)18(2)17-12)8-16-13-6-5-9(19(20)21)7-11(13)15/h5-7,16H,4,8H2,1-3H3. The largest absolute Gasteiger partial charge is 0.481 e. The maximum Gasteiger partial charge on any atom is 0.271 e. The SMILES string of the molecule is CCc1nn(C)c(OC)c1CNc1ccc([N+](=O)[O-])cc1Cl. The van der Waals surface area contributed by atoms with Gasteiger partial charge in [-0.1, -0.05) is 18.5 Å². The van der Waals surface area contributed by atoms with E-state index in [4.69, 9.17) is 16.3 Å². The van der Waals surface area contributed by atoms with E-state index in [-0.39, 0.29) is 5.69 Å². The molecule has 0 aliphatic heterocycles. The van der Waals surface area contributed by atoms with Gasteiger partial charge in [0.1, 0.15) is 0 Å². The number of benzene rings is 1. The molecule has 8 heteroatoms. The zero-order valence-corrected chi connectivity index (χ0v) is 13.3. The number of aryl methyl sites for hydroxylation is 2. The number of anilines is 1. The van der Waals surface area contributed by atoms with Gasteiger partial charge in [0.15, 0.2) is 0 Å². The number of nitro groups is 1. The maximum atomic E-state index is 10.7. The summed E-state index contributed by atoms with van der Waals surface area (Å²) in [7, 11) is 3.42. The highest BCUT2D eigenvalue weighted by atomic mass is 35.5. The lowest BCUT2D eigenvalue weighted by Gasteiger charge is -2.10. The van der Waals surface area contributed by atoms with Gasteiger partial charge in [-0.25, -0.2) is 4.68 Å². The lowest BCUT2D eigenvalue weighted by Crippen LogP contribution is -2.04. The fourth-order valence-electron chi connectivity index (χ4n) is 2.27. The number of nitro benzene ring substituents is 1. The molecule has 0 aliphatic rings. The fourth-order valence-corrected chi connectivity index (χ4v) is 2.51. The van der Waals surface area contributed by atoms with E-state index in [0.29, 0.717) is 23.1 Å². The van der Waals surface area contributed by atoms with Crippen LogP contribution in [-0.4, -0.2) is 21.8 Å². The molecule has 0 atom stereocenters. The molecule has 0 amide bonds. The number of halogens is 1. The van der Waals surface area contributed by atoms with Crippen molar-refractivity contribution >= 4 is 23.0 Å².